The molecule has 1 amide bonds. The first-order valence-electron chi connectivity index (χ1n) is 10.3. The summed E-state index contributed by atoms with van der Waals surface area (Å²) in [5.74, 6) is 0.0307. The number of carbonyl (C=O) groups is 1. The molecule has 0 unspecified atom stereocenters. The third kappa shape index (κ3) is 4.90. The SMILES string of the molecule is NC(=O)c1cccc(-c2cccc([C@H]3CCCN(CCc4ccccc4)C3)n2)c1. The summed E-state index contributed by atoms with van der Waals surface area (Å²) >= 11 is 0. The van der Waals surface area contributed by atoms with Crippen LogP contribution in [0.1, 0.15) is 40.4 Å². The van der Waals surface area contributed by atoms with E-state index in [9.17, 15) is 4.79 Å². The molecule has 2 N–H and O–H groups in total. The van der Waals surface area contributed by atoms with E-state index in [0.717, 1.165) is 43.0 Å². The van der Waals surface area contributed by atoms with Crippen molar-refractivity contribution in [2.45, 2.75) is 25.2 Å². The summed E-state index contributed by atoms with van der Waals surface area (Å²) in [5, 5.41) is 0. The molecule has 2 heterocycles. The third-order valence-corrected chi connectivity index (χ3v) is 5.70. The Hall–Kier alpha value is -2.98. The number of amides is 1. The largest absolute Gasteiger partial charge is 0.366 e. The van der Waals surface area contributed by atoms with E-state index in [-0.39, 0.29) is 0 Å². The number of piperidine rings is 1. The maximum absolute atomic E-state index is 11.5. The van der Waals surface area contributed by atoms with Crippen LogP contribution in [0.5, 0.6) is 0 Å². The van der Waals surface area contributed by atoms with Crippen LogP contribution in [-0.2, 0) is 6.42 Å². The number of hydrogen-bond acceptors (Lipinski definition) is 3. The van der Waals surface area contributed by atoms with Gasteiger partial charge >= 0.3 is 0 Å². The summed E-state index contributed by atoms with van der Waals surface area (Å²) < 4.78 is 0. The number of rotatable bonds is 6. The molecule has 29 heavy (non-hydrogen) atoms. The number of primary amides is 1. The number of hydrogen-bond donors (Lipinski definition) is 1. The molecule has 0 bridgehead atoms. The van der Waals surface area contributed by atoms with Gasteiger partial charge in [0.05, 0.1) is 5.69 Å². The minimum atomic E-state index is -0.413. The lowest BCUT2D eigenvalue weighted by Crippen LogP contribution is -2.36. The van der Waals surface area contributed by atoms with Crippen molar-refractivity contribution < 1.29 is 4.79 Å². The molecule has 0 saturated carbocycles. The lowest BCUT2D eigenvalue weighted by Gasteiger charge is -2.32. The van der Waals surface area contributed by atoms with Crippen LogP contribution >= 0.6 is 0 Å². The molecule has 2 aromatic carbocycles. The highest BCUT2D eigenvalue weighted by Gasteiger charge is 2.22. The molecule has 4 nitrogen and oxygen atoms in total. The first kappa shape index (κ1) is 19.3. The molecule has 1 atom stereocenters. The predicted molar refractivity (Wildman–Crippen MR) is 117 cm³/mol. The summed E-state index contributed by atoms with van der Waals surface area (Å²) in [5.41, 5.74) is 10.3. The topological polar surface area (TPSA) is 59.2 Å². The van der Waals surface area contributed by atoms with Gasteiger partial charge in [-0.25, -0.2) is 0 Å². The van der Waals surface area contributed by atoms with E-state index in [1.165, 1.54) is 18.4 Å². The van der Waals surface area contributed by atoms with Crippen LogP contribution in [0.15, 0.2) is 72.8 Å². The van der Waals surface area contributed by atoms with Gasteiger partial charge in [0.25, 0.3) is 0 Å². The Labute approximate surface area is 172 Å². The molecule has 0 radical (unpaired) electrons. The van der Waals surface area contributed by atoms with Crippen molar-refractivity contribution in [3.8, 4) is 11.3 Å². The molecule has 1 aliphatic rings. The highest BCUT2D eigenvalue weighted by Crippen LogP contribution is 2.28. The van der Waals surface area contributed by atoms with Gasteiger partial charge in [-0.05, 0) is 55.6 Å². The van der Waals surface area contributed by atoms with Crippen LogP contribution in [0, 0.1) is 0 Å². The fraction of sp³-hybridized carbons (Fsp3) is 0.280. The molecule has 1 saturated heterocycles. The number of aromatic nitrogens is 1. The number of carbonyl (C=O) groups excluding carboxylic acids is 1. The number of nitrogens with zero attached hydrogens (tertiary/aromatic N) is 2. The lowest BCUT2D eigenvalue weighted by atomic mass is 9.93. The first-order chi connectivity index (χ1) is 14.2. The maximum atomic E-state index is 11.5. The van der Waals surface area contributed by atoms with E-state index in [1.54, 1.807) is 6.07 Å². The van der Waals surface area contributed by atoms with Crippen LogP contribution in [0.4, 0.5) is 0 Å². The minimum absolute atomic E-state index is 0.413. The molecule has 1 fully saturated rings. The summed E-state index contributed by atoms with van der Waals surface area (Å²) in [6.07, 6.45) is 3.45. The predicted octanol–water partition coefficient (Wildman–Crippen LogP) is 4.27. The fourth-order valence-electron chi connectivity index (χ4n) is 4.10. The van der Waals surface area contributed by atoms with Gasteiger partial charge in [0.15, 0.2) is 0 Å². The summed E-state index contributed by atoms with van der Waals surface area (Å²) in [6.45, 7) is 3.29. The Bertz CT molecular complexity index is 971. The lowest BCUT2D eigenvalue weighted by molar-refractivity contribution is 0.100. The van der Waals surface area contributed by atoms with E-state index in [4.69, 9.17) is 10.7 Å². The molecule has 0 aliphatic carbocycles. The highest BCUT2D eigenvalue weighted by atomic mass is 16.1. The number of benzene rings is 2. The van der Waals surface area contributed by atoms with Gasteiger partial charge in [0.1, 0.15) is 0 Å². The highest BCUT2D eigenvalue weighted by molar-refractivity contribution is 5.93. The molecule has 1 aliphatic heterocycles. The second-order valence-corrected chi connectivity index (χ2v) is 7.77. The van der Waals surface area contributed by atoms with Crippen molar-refractivity contribution in [1.29, 1.82) is 0 Å². The van der Waals surface area contributed by atoms with Gasteiger partial charge in [0, 0.05) is 35.8 Å². The van der Waals surface area contributed by atoms with E-state index in [1.807, 2.05) is 24.3 Å². The Morgan fingerprint density at radius 1 is 1.03 bits per heavy atom. The van der Waals surface area contributed by atoms with Gasteiger partial charge in [0.2, 0.25) is 5.91 Å². The second-order valence-electron chi connectivity index (χ2n) is 7.77. The summed E-state index contributed by atoms with van der Waals surface area (Å²) in [4.78, 5) is 19.0. The zero-order chi connectivity index (χ0) is 20.1. The van der Waals surface area contributed by atoms with Gasteiger partial charge in [-0.1, -0.05) is 48.5 Å². The van der Waals surface area contributed by atoms with Crippen LogP contribution in [-0.4, -0.2) is 35.4 Å². The zero-order valence-corrected chi connectivity index (χ0v) is 16.6. The number of pyridine rings is 1. The number of nitrogens with two attached hydrogens (primary N) is 1. The van der Waals surface area contributed by atoms with Crippen LogP contribution in [0.25, 0.3) is 11.3 Å². The van der Waals surface area contributed by atoms with Gasteiger partial charge < -0.3 is 10.6 Å². The monoisotopic (exact) mass is 385 g/mol. The molecular weight excluding hydrogens is 358 g/mol. The molecule has 1 aromatic heterocycles. The van der Waals surface area contributed by atoms with E-state index in [2.05, 4.69) is 47.4 Å². The molecule has 148 valence electrons. The fourth-order valence-corrected chi connectivity index (χ4v) is 4.10. The van der Waals surface area contributed by atoms with Gasteiger partial charge in [-0.2, -0.15) is 0 Å². The standard InChI is InChI=1S/C25H27N3O/c26-25(29)21-10-4-9-20(17-21)23-12-5-13-24(27-23)22-11-6-15-28(18-22)16-14-19-7-2-1-3-8-19/h1-5,7-10,12-13,17,22H,6,11,14-16,18H2,(H2,26,29)/t22-/m0/s1. The van der Waals surface area contributed by atoms with Crippen LogP contribution < -0.4 is 5.73 Å². The van der Waals surface area contributed by atoms with E-state index < -0.39 is 5.91 Å². The van der Waals surface area contributed by atoms with Crippen molar-refractivity contribution in [1.82, 2.24) is 9.88 Å². The van der Waals surface area contributed by atoms with Gasteiger partial charge in [-0.15, -0.1) is 0 Å². The van der Waals surface area contributed by atoms with Crippen molar-refractivity contribution >= 4 is 5.91 Å². The average Bonchev–Trinajstić information content (AvgIpc) is 2.79. The normalized spacial score (nSPS) is 17.2. The number of likely N-dealkylation sites (tertiary alicyclic amines) is 1. The van der Waals surface area contributed by atoms with Crippen molar-refractivity contribution in [3.63, 3.8) is 0 Å². The average molecular weight is 386 g/mol. The Morgan fingerprint density at radius 3 is 2.69 bits per heavy atom. The van der Waals surface area contributed by atoms with Crippen molar-refractivity contribution in [2.75, 3.05) is 19.6 Å². The van der Waals surface area contributed by atoms with Crippen LogP contribution in [0.3, 0.4) is 0 Å². The van der Waals surface area contributed by atoms with Crippen LogP contribution in [0.2, 0.25) is 0 Å². The first-order valence-corrected chi connectivity index (χ1v) is 10.3. The zero-order valence-electron chi connectivity index (χ0n) is 16.6. The smallest absolute Gasteiger partial charge is 0.248 e. The Balaban J connectivity index is 1.46. The van der Waals surface area contributed by atoms with Crippen molar-refractivity contribution in [3.05, 3.63) is 89.6 Å². The van der Waals surface area contributed by atoms with E-state index >= 15 is 0 Å². The Morgan fingerprint density at radius 2 is 1.86 bits per heavy atom. The molecule has 4 heteroatoms. The van der Waals surface area contributed by atoms with E-state index in [0.29, 0.717) is 11.5 Å². The minimum Gasteiger partial charge on any atom is -0.366 e. The quantitative estimate of drug-likeness (QED) is 0.689. The molecular formula is C25H27N3O. The Kier molecular flexibility index (Phi) is 6.01. The second kappa shape index (κ2) is 9.01. The molecule has 4 rings (SSSR count). The molecule has 0 spiro atoms. The maximum Gasteiger partial charge on any atom is 0.248 e. The van der Waals surface area contributed by atoms with Gasteiger partial charge in [-0.3, -0.25) is 9.78 Å². The molecule has 3 aromatic rings. The van der Waals surface area contributed by atoms with Crippen molar-refractivity contribution in [2.24, 2.45) is 5.73 Å². The third-order valence-electron chi connectivity index (χ3n) is 5.70. The summed E-state index contributed by atoms with van der Waals surface area (Å²) in [6, 6.07) is 24.3. The summed E-state index contributed by atoms with van der Waals surface area (Å²) in [7, 11) is 0.